The average molecular weight is 326 g/mol. The molecule has 0 atom stereocenters. The summed E-state index contributed by atoms with van der Waals surface area (Å²) in [5, 5.41) is 2.82. The lowest BCUT2D eigenvalue weighted by atomic mass is 10.2. The molecule has 0 radical (unpaired) electrons. The fraction of sp³-hybridized carbons (Fsp3) is 0.167. The minimum Gasteiger partial charge on any atom is -0.346 e. The van der Waals surface area contributed by atoms with E-state index in [1.807, 2.05) is 18.2 Å². The van der Waals surface area contributed by atoms with E-state index in [1.54, 1.807) is 23.6 Å². The highest BCUT2D eigenvalue weighted by atomic mass is 79.9. The monoisotopic (exact) mass is 325 g/mol. The van der Waals surface area contributed by atoms with Crippen LogP contribution < -0.4 is 11.1 Å². The van der Waals surface area contributed by atoms with E-state index < -0.39 is 0 Å². The molecule has 0 saturated carbocycles. The molecule has 0 aliphatic rings. The molecule has 0 saturated heterocycles. The number of pyridine rings is 1. The highest BCUT2D eigenvalue weighted by Crippen LogP contribution is 2.21. The summed E-state index contributed by atoms with van der Waals surface area (Å²) in [7, 11) is 0. The Kier molecular flexibility index (Phi) is 4.46. The van der Waals surface area contributed by atoms with Gasteiger partial charge >= 0.3 is 0 Å². The van der Waals surface area contributed by atoms with Crippen molar-refractivity contribution in [1.82, 2.24) is 10.3 Å². The van der Waals surface area contributed by atoms with Gasteiger partial charge in [-0.25, -0.2) is 0 Å². The number of aromatic nitrogens is 1. The Labute approximate surface area is 117 Å². The molecule has 2 rings (SSSR count). The van der Waals surface area contributed by atoms with E-state index in [0.717, 1.165) is 14.2 Å². The molecule has 94 valence electrons. The fourth-order valence-electron chi connectivity index (χ4n) is 1.38. The van der Waals surface area contributed by atoms with Gasteiger partial charge < -0.3 is 11.1 Å². The second kappa shape index (κ2) is 6.08. The molecule has 0 fully saturated rings. The van der Waals surface area contributed by atoms with Gasteiger partial charge in [-0.05, 0) is 39.7 Å². The van der Waals surface area contributed by atoms with Crippen LogP contribution in [0.2, 0.25) is 0 Å². The molecule has 2 aromatic heterocycles. The molecule has 2 heterocycles. The summed E-state index contributed by atoms with van der Waals surface area (Å²) in [5.74, 6) is -0.178. The highest BCUT2D eigenvalue weighted by Gasteiger charge is 2.07. The van der Waals surface area contributed by atoms with Gasteiger partial charge in [0, 0.05) is 17.6 Å². The van der Waals surface area contributed by atoms with Crippen LogP contribution in [0.15, 0.2) is 34.2 Å². The van der Waals surface area contributed by atoms with Crippen LogP contribution in [-0.2, 0) is 13.1 Å². The van der Waals surface area contributed by atoms with Crippen LogP contribution >= 0.6 is 27.3 Å². The van der Waals surface area contributed by atoms with Crippen LogP contribution in [0.3, 0.4) is 0 Å². The van der Waals surface area contributed by atoms with Crippen LogP contribution in [0, 0.1) is 0 Å². The molecule has 0 aliphatic heterocycles. The van der Waals surface area contributed by atoms with Gasteiger partial charge in [0.15, 0.2) is 0 Å². The Morgan fingerprint density at radius 3 is 2.78 bits per heavy atom. The maximum absolute atomic E-state index is 11.8. The number of nitrogens with one attached hydrogen (secondary N) is 1. The maximum Gasteiger partial charge on any atom is 0.270 e. The van der Waals surface area contributed by atoms with E-state index in [2.05, 4.69) is 26.2 Å². The molecule has 6 heteroatoms. The van der Waals surface area contributed by atoms with E-state index in [9.17, 15) is 4.79 Å². The minimum atomic E-state index is -0.178. The number of halogens is 1. The number of hydrogen-bond acceptors (Lipinski definition) is 4. The smallest absolute Gasteiger partial charge is 0.270 e. The zero-order chi connectivity index (χ0) is 13.0. The van der Waals surface area contributed by atoms with Gasteiger partial charge in [0.25, 0.3) is 5.91 Å². The van der Waals surface area contributed by atoms with Gasteiger partial charge in [0.05, 0.1) is 10.3 Å². The van der Waals surface area contributed by atoms with E-state index >= 15 is 0 Å². The first-order valence-electron chi connectivity index (χ1n) is 5.36. The summed E-state index contributed by atoms with van der Waals surface area (Å²) < 4.78 is 1.05. The van der Waals surface area contributed by atoms with Crippen molar-refractivity contribution in [1.29, 1.82) is 0 Å². The number of amides is 1. The number of carbonyl (C=O) groups excluding carboxylic acids is 1. The Hall–Kier alpha value is -1.24. The standard InChI is InChI=1S/C12H12BrN3OS/c13-11-4-2-9(18-11)7-16-12(17)10-3-1-8(5-14)6-15-10/h1-4,6H,5,7,14H2,(H,16,17). The van der Waals surface area contributed by atoms with Crippen molar-refractivity contribution in [2.45, 2.75) is 13.1 Å². The van der Waals surface area contributed by atoms with E-state index in [-0.39, 0.29) is 5.91 Å². The molecule has 18 heavy (non-hydrogen) atoms. The predicted octanol–water partition coefficient (Wildman–Crippen LogP) is 2.29. The number of nitrogens with zero attached hydrogens (tertiary/aromatic N) is 1. The lowest BCUT2D eigenvalue weighted by molar-refractivity contribution is 0.0946. The topological polar surface area (TPSA) is 68.0 Å². The molecule has 0 aliphatic carbocycles. The third-order valence-electron chi connectivity index (χ3n) is 2.35. The van der Waals surface area contributed by atoms with Crippen molar-refractivity contribution in [2.75, 3.05) is 0 Å². The van der Waals surface area contributed by atoms with Gasteiger partial charge in [-0.1, -0.05) is 6.07 Å². The molecule has 0 bridgehead atoms. The third kappa shape index (κ3) is 3.38. The first-order valence-corrected chi connectivity index (χ1v) is 6.97. The Morgan fingerprint density at radius 1 is 1.39 bits per heavy atom. The number of carbonyl (C=O) groups is 1. The third-order valence-corrected chi connectivity index (χ3v) is 3.97. The van der Waals surface area contributed by atoms with Gasteiger partial charge in [0.1, 0.15) is 5.69 Å². The molecule has 0 spiro atoms. The van der Waals surface area contributed by atoms with E-state index in [1.165, 1.54) is 0 Å². The van der Waals surface area contributed by atoms with Gasteiger partial charge in [0.2, 0.25) is 0 Å². The number of nitrogens with two attached hydrogens (primary N) is 1. The molecule has 3 N–H and O–H groups in total. The fourth-order valence-corrected chi connectivity index (χ4v) is 2.81. The Bertz CT molecular complexity index is 539. The number of hydrogen-bond donors (Lipinski definition) is 2. The summed E-state index contributed by atoms with van der Waals surface area (Å²) in [6, 6.07) is 7.42. The minimum absolute atomic E-state index is 0.178. The molecular formula is C12H12BrN3OS. The van der Waals surface area contributed by atoms with Crippen molar-refractivity contribution in [3.8, 4) is 0 Å². The van der Waals surface area contributed by atoms with Crippen molar-refractivity contribution >= 4 is 33.2 Å². The number of rotatable bonds is 4. The lowest BCUT2D eigenvalue weighted by Gasteiger charge is -2.03. The van der Waals surface area contributed by atoms with Gasteiger partial charge in [-0.15, -0.1) is 11.3 Å². The van der Waals surface area contributed by atoms with Crippen LogP contribution in [0.4, 0.5) is 0 Å². The number of thiophene rings is 1. The SMILES string of the molecule is NCc1ccc(C(=O)NCc2ccc(Br)s2)nc1. The summed E-state index contributed by atoms with van der Waals surface area (Å²) in [5.41, 5.74) is 6.79. The molecule has 4 nitrogen and oxygen atoms in total. The van der Waals surface area contributed by atoms with E-state index in [4.69, 9.17) is 5.73 Å². The predicted molar refractivity (Wildman–Crippen MR) is 75.3 cm³/mol. The van der Waals surface area contributed by atoms with Crippen molar-refractivity contribution in [2.24, 2.45) is 5.73 Å². The summed E-state index contributed by atoms with van der Waals surface area (Å²) in [4.78, 5) is 17.0. The van der Waals surface area contributed by atoms with Crippen LogP contribution in [0.5, 0.6) is 0 Å². The van der Waals surface area contributed by atoms with Crippen molar-refractivity contribution < 1.29 is 4.79 Å². The maximum atomic E-state index is 11.8. The van der Waals surface area contributed by atoms with Crippen LogP contribution in [0.25, 0.3) is 0 Å². The Morgan fingerprint density at radius 2 is 2.22 bits per heavy atom. The first-order chi connectivity index (χ1) is 8.69. The second-order valence-corrected chi connectivity index (χ2v) is 6.19. The van der Waals surface area contributed by atoms with Crippen LogP contribution in [0.1, 0.15) is 20.9 Å². The van der Waals surface area contributed by atoms with Gasteiger partial charge in [-0.2, -0.15) is 0 Å². The van der Waals surface area contributed by atoms with Crippen LogP contribution in [-0.4, -0.2) is 10.9 Å². The summed E-state index contributed by atoms with van der Waals surface area (Å²) in [6.07, 6.45) is 1.62. The van der Waals surface area contributed by atoms with E-state index in [0.29, 0.717) is 18.8 Å². The molecular weight excluding hydrogens is 314 g/mol. The first kappa shape index (κ1) is 13.2. The average Bonchev–Trinajstić information content (AvgIpc) is 2.82. The molecule has 2 aromatic rings. The van der Waals surface area contributed by atoms with Crippen molar-refractivity contribution in [3.05, 3.63) is 50.4 Å². The largest absolute Gasteiger partial charge is 0.346 e. The summed E-state index contributed by atoms with van der Waals surface area (Å²) in [6.45, 7) is 0.938. The molecule has 0 aromatic carbocycles. The molecule has 1 amide bonds. The zero-order valence-corrected chi connectivity index (χ0v) is 11.9. The molecule has 0 unspecified atom stereocenters. The van der Waals surface area contributed by atoms with Gasteiger partial charge in [-0.3, -0.25) is 9.78 Å². The summed E-state index contributed by atoms with van der Waals surface area (Å²) >= 11 is 4.98. The highest BCUT2D eigenvalue weighted by molar-refractivity contribution is 9.11. The zero-order valence-electron chi connectivity index (χ0n) is 9.52. The quantitative estimate of drug-likeness (QED) is 0.906. The van der Waals surface area contributed by atoms with Crippen molar-refractivity contribution in [3.63, 3.8) is 0 Å². The second-order valence-electron chi connectivity index (χ2n) is 3.64. The normalized spacial score (nSPS) is 10.3. The Balaban J connectivity index is 1.94. The lowest BCUT2D eigenvalue weighted by Crippen LogP contribution is -2.23.